The van der Waals surface area contributed by atoms with Crippen molar-refractivity contribution < 1.29 is 24.9 Å². The van der Waals surface area contributed by atoms with E-state index in [-0.39, 0.29) is 29.3 Å². The third kappa shape index (κ3) is 7.49. The van der Waals surface area contributed by atoms with Crippen LogP contribution in [0.15, 0.2) is 72.9 Å². The summed E-state index contributed by atoms with van der Waals surface area (Å²) in [5.74, 6) is 0.751. The van der Waals surface area contributed by atoms with Crippen LogP contribution in [0.5, 0.6) is 17.2 Å². The summed E-state index contributed by atoms with van der Waals surface area (Å²) in [6.07, 6.45) is 15.8. The summed E-state index contributed by atoms with van der Waals surface area (Å²) in [6, 6.07) is 16.5. The molecule has 1 aliphatic rings. The van der Waals surface area contributed by atoms with Gasteiger partial charge in [-0.2, -0.15) is 0 Å². The topological polar surface area (TPSA) is 103 Å². The number of hydrogen-bond donors (Lipinski definition) is 4. The number of ketones is 1. The van der Waals surface area contributed by atoms with Gasteiger partial charge in [-0.1, -0.05) is 50.8 Å². The Morgan fingerprint density at radius 2 is 1.84 bits per heavy atom. The Labute approximate surface area is 254 Å². The van der Waals surface area contributed by atoms with E-state index < -0.39 is 0 Å². The van der Waals surface area contributed by atoms with E-state index in [0.29, 0.717) is 31.6 Å². The first-order valence-electron chi connectivity index (χ1n) is 15.6. The fourth-order valence-corrected chi connectivity index (χ4v) is 6.41. The molecule has 0 saturated heterocycles. The van der Waals surface area contributed by atoms with Crippen molar-refractivity contribution in [1.29, 1.82) is 0 Å². The molecule has 0 unspecified atom stereocenters. The molecule has 6 heteroatoms. The van der Waals surface area contributed by atoms with E-state index >= 15 is 0 Å². The van der Waals surface area contributed by atoms with Gasteiger partial charge in [-0.25, -0.2) is 0 Å². The van der Waals surface area contributed by atoms with Crippen LogP contribution in [0.4, 0.5) is 0 Å². The number of carbonyl (C=O) groups excluding carboxylic acids is 1. The molecule has 0 spiro atoms. The number of unbranched alkanes of at least 4 members (excludes halogenated alkanes) is 1. The molecule has 0 amide bonds. The number of H-pyrrole nitrogens is 1. The van der Waals surface area contributed by atoms with Gasteiger partial charge in [0.2, 0.25) is 0 Å². The van der Waals surface area contributed by atoms with Gasteiger partial charge in [-0.15, -0.1) is 0 Å². The van der Waals surface area contributed by atoms with Crippen LogP contribution in [0.3, 0.4) is 0 Å². The number of aliphatic hydroxyl groups excluding tert-OH is 1. The number of phenols is 2. The summed E-state index contributed by atoms with van der Waals surface area (Å²) in [4.78, 5) is 15.9. The SMILES string of the molecule is CCCCC1(C=CC(=O)CCc2ccc(O)c(OCCc3ccc(O)cc3-c3cc(CO)c4[nH]ccc4c3)c2)CCCC1. The highest BCUT2D eigenvalue weighted by Crippen LogP contribution is 2.43. The number of nitrogens with one attached hydrogen (secondary N) is 1. The van der Waals surface area contributed by atoms with Gasteiger partial charge in [0.25, 0.3) is 0 Å². The molecule has 0 radical (unpaired) electrons. The lowest BCUT2D eigenvalue weighted by molar-refractivity contribution is -0.114. The van der Waals surface area contributed by atoms with Gasteiger partial charge in [0.05, 0.1) is 18.7 Å². The number of carbonyl (C=O) groups is 1. The zero-order valence-corrected chi connectivity index (χ0v) is 25.1. The van der Waals surface area contributed by atoms with Crippen molar-refractivity contribution in [3.63, 3.8) is 0 Å². The van der Waals surface area contributed by atoms with Crippen molar-refractivity contribution in [2.45, 2.75) is 77.7 Å². The quantitative estimate of drug-likeness (QED) is 0.113. The number of rotatable bonds is 14. The fourth-order valence-electron chi connectivity index (χ4n) is 6.41. The fraction of sp³-hybridized carbons (Fsp3) is 0.378. The zero-order chi connectivity index (χ0) is 30.2. The van der Waals surface area contributed by atoms with Gasteiger partial charge in [0.15, 0.2) is 17.3 Å². The molecule has 1 aromatic heterocycles. The average Bonchev–Trinajstić information content (AvgIpc) is 3.70. The predicted molar refractivity (Wildman–Crippen MR) is 172 cm³/mol. The first-order valence-corrected chi connectivity index (χ1v) is 15.6. The third-order valence-corrected chi connectivity index (χ3v) is 8.88. The van der Waals surface area contributed by atoms with Crippen LogP contribution in [0, 0.1) is 5.41 Å². The standard InChI is InChI=1S/C37H43NO5/c1-2-3-15-37(16-4-5-17-37)18-12-31(40)9-6-26-7-11-34(42)35(21-26)43-20-14-27-8-10-32(41)24-33(27)29-22-28-13-19-38-36(28)30(23-29)25-39/h7-8,10-13,18-19,21-24,38-39,41-42H,2-6,9,14-17,20,25H2,1H3. The highest BCUT2D eigenvalue weighted by atomic mass is 16.5. The second-order valence-corrected chi connectivity index (χ2v) is 12.0. The van der Waals surface area contributed by atoms with E-state index in [2.05, 4.69) is 18.0 Å². The summed E-state index contributed by atoms with van der Waals surface area (Å²) in [5, 5.41) is 31.6. The molecule has 3 aromatic carbocycles. The average molecular weight is 582 g/mol. The van der Waals surface area contributed by atoms with Crippen molar-refractivity contribution in [3.8, 4) is 28.4 Å². The largest absolute Gasteiger partial charge is 0.508 e. The predicted octanol–water partition coefficient (Wildman–Crippen LogP) is 8.17. The molecule has 4 aromatic rings. The van der Waals surface area contributed by atoms with Crippen LogP contribution >= 0.6 is 0 Å². The molecule has 226 valence electrons. The Kier molecular flexibility index (Phi) is 9.88. The number of ether oxygens (including phenoxy) is 1. The molecule has 43 heavy (non-hydrogen) atoms. The maximum Gasteiger partial charge on any atom is 0.161 e. The maximum absolute atomic E-state index is 12.7. The van der Waals surface area contributed by atoms with Gasteiger partial charge in [0.1, 0.15) is 5.75 Å². The van der Waals surface area contributed by atoms with Crippen LogP contribution in [-0.2, 0) is 24.2 Å². The van der Waals surface area contributed by atoms with Crippen molar-refractivity contribution >= 4 is 16.7 Å². The molecule has 1 saturated carbocycles. The second kappa shape index (κ2) is 14.0. The summed E-state index contributed by atoms with van der Waals surface area (Å²) < 4.78 is 6.02. The van der Waals surface area contributed by atoms with Gasteiger partial charge < -0.3 is 25.0 Å². The Hall–Kier alpha value is -4.03. The Bertz CT molecular complexity index is 1580. The van der Waals surface area contributed by atoms with E-state index in [4.69, 9.17) is 4.74 Å². The summed E-state index contributed by atoms with van der Waals surface area (Å²) in [5.41, 5.74) is 5.57. The minimum Gasteiger partial charge on any atom is -0.508 e. The monoisotopic (exact) mass is 581 g/mol. The minimum absolute atomic E-state index is 0.0606. The van der Waals surface area contributed by atoms with E-state index in [1.54, 1.807) is 18.2 Å². The highest BCUT2D eigenvalue weighted by Gasteiger charge is 2.30. The summed E-state index contributed by atoms with van der Waals surface area (Å²) >= 11 is 0. The number of phenolic OH excluding ortho intramolecular Hbond substituents is 2. The first-order chi connectivity index (χ1) is 20.9. The first kappa shape index (κ1) is 30.4. The summed E-state index contributed by atoms with van der Waals surface area (Å²) in [7, 11) is 0. The van der Waals surface area contributed by atoms with E-state index in [1.807, 2.05) is 48.7 Å². The molecule has 0 bridgehead atoms. The Morgan fingerprint density at radius 1 is 1.00 bits per heavy atom. The highest BCUT2D eigenvalue weighted by molar-refractivity contribution is 5.90. The van der Waals surface area contributed by atoms with Gasteiger partial charge in [-0.3, -0.25) is 4.79 Å². The molecule has 0 atom stereocenters. The molecule has 4 N–H and O–H groups in total. The Balaban J connectivity index is 1.22. The molecule has 0 aliphatic heterocycles. The van der Waals surface area contributed by atoms with Crippen LogP contribution in [0.25, 0.3) is 22.0 Å². The maximum atomic E-state index is 12.7. The molecule has 5 rings (SSSR count). The van der Waals surface area contributed by atoms with Crippen LogP contribution in [0.2, 0.25) is 0 Å². The lowest BCUT2D eigenvalue weighted by Gasteiger charge is -2.24. The van der Waals surface area contributed by atoms with Gasteiger partial charge >= 0.3 is 0 Å². The molecule has 1 fully saturated rings. The number of aromatic nitrogens is 1. The van der Waals surface area contributed by atoms with Crippen molar-refractivity contribution in [3.05, 3.63) is 89.6 Å². The van der Waals surface area contributed by atoms with Crippen LogP contribution in [-0.4, -0.2) is 32.7 Å². The minimum atomic E-state index is -0.0979. The molecular formula is C37H43NO5. The van der Waals surface area contributed by atoms with Crippen LogP contribution in [0.1, 0.15) is 75.0 Å². The smallest absolute Gasteiger partial charge is 0.161 e. The lowest BCUT2D eigenvalue weighted by Crippen LogP contribution is -2.13. The number of fused-ring (bicyclic) bond motifs is 1. The normalized spacial score (nSPS) is 14.6. The number of aryl methyl sites for hydroxylation is 1. The van der Waals surface area contributed by atoms with E-state index in [0.717, 1.165) is 38.7 Å². The number of allylic oxidation sites excluding steroid dienone is 2. The third-order valence-electron chi connectivity index (χ3n) is 8.88. The Morgan fingerprint density at radius 3 is 2.63 bits per heavy atom. The van der Waals surface area contributed by atoms with E-state index in [1.165, 1.54) is 44.9 Å². The molecule has 6 nitrogen and oxygen atoms in total. The lowest BCUT2D eigenvalue weighted by atomic mass is 9.80. The number of hydrogen-bond acceptors (Lipinski definition) is 5. The zero-order valence-electron chi connectivity index (χ0n) is 25.1. The number of aliphatic hydroxyl groups is 1. The van der Waals surface area contributed by atoms with Crippen LogP contribution < -0.4 is 4.74 Å². The molecule has 1 aliphatic carbocycles. The van der Waals surface area contributed by atoms with Gasteiger partial charge in [0, 0.05) is 30.0 Å². The van der Waals surface area contributed by atoms with E-state index in [9.17, 15) is 20.1 Å². The summed E-state index contributed by atoms with van der Waals surface area (Å²) in [6.45, 7) is 2.44. The van der Waals surface area contributed by atoms with Crippen molar-refractivity contribution in [2.75, 3.05) is 6.61 Å². The molecule has 1 heterocycles. The van der Waals surface area contributed by atoms with Gasteiger partial charge in [-0.05, 0) is 102 Å². The molecular weight excluding hydrogens is 538 g/mol. The number of aromatic amines is 1. The second-order valence-electron chi connectivity index (χ2n) is 12.0. The van der Waals surface area contributed by atoms with Crippen molar-refractivity contribution in [2.24, 2.45) is 5.41 Å². The number of benzene rings is 3. The van der Waals surface area contributed by atoms with Crippen molar-refractivity contribution in [1.82, 2.24) is 4.98 Å². The number of aromatic hydroxyl groups is 2.